The zero-order chi connectivity index (χ0) is 13.0. The summed E-state index contributed by atoms with van der Waals surface area (Å²) in [5.41, 5.74) is 7.55. The summed E-state index contributed by atoms with van der Waals surface area (Å²) in [6.45, 7) is 5.43. The van der Waals surface area contributed by atoms with Crippen molar-refractivity contribution < 1.29 is 0 Å². The number of aryl methyl sites for hydroxylation is 1. The highest BCUT2D eigenvalue weighted by molar-refractivity contribution is 5.41. The summed E-state index contributed by atoms with van der Waals surface area (Å²) in [6, 6.07) is 0. The van der Waals surface area contributed by atoms with Gasteiger partial charge in [0.1, 0.15) is 11.6 Å². The van der Waals surface area contributed by atoms with Gasteiger partial charge in [-0.2, -0.15) is 0 Å². The fourth-order valence-electron chi connectivity index (χ4n) is 3.05. The van der Waals surface area contributed by atoms with Gasteiger partial charge in [-0.1, -0.05) is 39.5 Å². The van der Waals surface area contributed by atoms with Crippen LogP contribution in [0.5, 0.6) is 0 Å². The fourth-order valence-corrected chi connectivity index (χ4v) is 3.05. The molecule has 2 N–H and O–H groups in total. The Morgan fingerprint density at radius 2 is 1.94 bits per heavy atom. The van der Waals surface area contributed by atoms with Crippen LogP contribution in [-0.2, 0) is 13.0 Å². The van der Waals surface area contributed by atoms with Crippen molar-refractivity contribution in [1.29, 1.82) is 0 Å². The van der Waals surface area contributed by atoms with Gasteiger partial charge in [0, 0.05) is 18.9 Å². The summed E-state index contributed by atoms with van der Waals surface area (Å²) in [5, 5.41) is 0. The molecule has 0 aromatic carbocycles. The van der Waals surface area contributed by atoms with E-state index in [0.717, 1.165) is 18.8 Å². The van der Waals surface area contributed by atoms with Crippen molar-refractivity contribution in [2.75, 3.05) is 5.73 Å². The fraction of sp³-hybridized carbons (Fsp3) is 0.800. The first kappa shape index (κ1) is 13.4. The van der Waals surface area contributed by atoms with E-state index >= 15 is 0 Å². The lowest BCUT2D eigenvalue weighted by Crippen LogP contribution is -2.10. The van der Waals surface area contributed by atoms with E-state index in [1.165, 1.54) is 56.5 Å². The molecule has 2 rings (SSSR count). The minimum absolute atomic E-state index is 0.618. The molecule has 0 unspecified atom stereocenters. The topological polar surface area (TPSA) is 43.8 Å². The van der Waals surface area contributed by atoms with Crippen molar-refractivity contribution >= 4 is 5.82 Å². The van der Waals surface area contributed by atoms with Crippen molar-refractivity contribution in [2.24, 2.45) is 0 Å². The SMILES string of the molecule is CCCCn1c(CC)nc(C2CCCCC2)c1N. The summed E-state index contributed by atoms with van der Waals surface area (Å²) in [4.78, 5) is 4.84. The Bertz CT molecular complexity index is 375. The van der Waals surface area contributed by atoms with E-state index in [1.807, 2.05) is 0 Å². The minimum atomic E-state index is 0.618. The Morgan fingerprint density at radius 3 is 2.56 bits per heavy atom. The lowest BCUT2D eigenvalue weighted by atomic mass is 9.87. The Kier molecular flexibility index (Phi) is 4.67. The summed E-state index contributed by atoms with van der Waals surface area (Å²) in [5.74, 6) is 2.75. The Balaban J connectivity index is 2.21. The van der Waals surface area contributed by atoms with E-state index in [9.17, 15) is 0 Å². The van der Waals surface area contributed by atoms with Crippen LogP contribution in [0.25, 0.3) is 0 Å². The van der Waals surface area contributed by atoms with E-state index < -0.39 is 0 Å². The molecule has 0 bridgehead atoms. The Hall–Kier alpha value is -0.990. The van der Waals surface area contributed by atoms with Crippen LogP contribution in [0, 0.1) is 0 Å². The first-order chi connectivity index (χ1) is 8.77. The van der Waals surface area contributed by atoms with Crippen molar-refractivity contribution in [3.8, 4) is 0 Å². The van der Waals surface area contributed by atoms with Crippen LogP contribution in [0.3, 0.4) is 0 Å². The molecule has 18 heavy (non-hydrogen) atoms. The zero-order valence-corrected chi connectivity index (χ0v) is 11.9. The molecule has 0 atom stereocenters. The summed E-state index contributed by atoms with van der Waals surface area (Å²) in [6.07, 6.45) is 10.0. The van der Waals surface area contributed by atoms with Gasteiger partial charge in [-0.3, -0.25) is 0 Å². The molecule has 0 radical (unpaired) electrons. The highest BCUT2D eigenvalue weighted by Gasteiger charge is 2.23. The quantitative estimate of drug-likeness (QED) is 0.860. The van der Waals surface area contributed by atoms with Gasteiger partial charge in [-0.25, -0.2) is 4.98 Å². The Morgan fingerprint density at radius 1 is 1.22 bits per heavy atom. The summed E-state index contributed by atoms with van der Waals surface area (Å²) < 4.78 is 2.26. The van der Waals surface area contributed by atoms with Crippen LogP contribution in [0.1, 0.15) is 76.2 Å². The Labute approximate surface area is 111 Å². The molecule has 1 aromatic rings. The van der Waals surface area contributed by atoms with Crippen LogP contribution in [-0.4, -0.2) is 9.55 Å². The van der Waals surface area contributed by atoms with Crippen LogP contribution >= 0.6 is 0 Å². The third kappa shape index (κ3) is 2.70. The number of aromatic nitrogens is 2. The van der Waals surface area contributed by atoms with E-state index in [-0.39, 0.29) is 0 Å². The smallest absolute Gasteiger partial charge is 0.127 e. The monoisotopic (exact) mass is 249 g/mol. The molecule has 1 fully saturated rings. The van der Waals surface area contributed by atoms with Crippen molar-refractivity contribution in [1.82, 2.24) is 9.55 Å². The molecular weight excluding hydrogens is 222 g/mol. The highest BCUT2D eigenvalue weighted by Crippen LogP contribution is 2.35. The molecule has 102 valence electrons. The van der Waals surface area contributed by atoms with Crippen LogP contribution in [0.15, 0.2) is 0 Å². The van der Waals surface area contributed by atoms with E-state index in [2.05, 4.69) is 18.4 Å². The lowest BCUT2D eigenvalue weighted by Gasteiger charge is -2.20. The van der Waals surface area contributed by atoms with Gasteiger partial charge in [-0.05, 0) is 19.3 Å². The molecule has 1 heterocycles. The number of nitrogens with zero attached hydrogens (tertiary/aromatic N) is 2. The van der Waals surface area contributed by atoms with E-state index in [4.69, 9.17) is 10.7 Å². The summed E-state index contributed by atoms with van der Waals surface area (Å²) in [7, 11) is 0. The highest BCUT2D eigenvalue weighted by atomic mass is 15.1. The number of unbranched alkanes of at least 4 members (excludes halogenated alkanes) is 1. The molecule has 1 aliphatic rings. The normalized spacial score (nSPS) is 17.2. The lowest BCUT2D eigenvalue weighted by molar-refractivity contribution is 0.438. The number of hydrogen-bond acceptors (Lipinski definition) is 2. The van der Waals surface area contributed by atoms with Gasteiger partial charge < -0.3 is 10.3 Å². The molecular formula is C15H27N3. The second kappa shape index (κ2) is 6.26. The predicted octanol–water partition coefficient (Wildman–Crippen LogP) is 3.88. The van der Waals surface area contributed by atoms with E-state index in [1.54, 1.807) is 0 Å². The van der Waals surface area contributed by atoms with E-state index in [0.29, 0.717) is 5.92 Å². The van der Waals surface area contributed by atoms with Crippen molar-refractivity contribution in [3.63, 3.8) is 0 Å². The van der Waals surface area contributed by atoms with Crippen LogP contribution in [0.2, 0.25) is 0 Å². The number of rotatable bonds is 5. The largest absolute Gasteiger partial charge is 0.384 e. The predicted molar refractivity (Wildman–Crippen MR) is 76.8 cm³/mol. The third-order valence-corrected chi connectivity index (χ3v) is 4.16. The van der Waals surface area contributed by atoms with Gasteiger partial charge in [0.25, 0.3) is 0 Å². The average Bonchev–Trinajstić information content (AvgIpc) is 2.74. The minimum Gasteiger partial charge on any atom is -0.384 e. The summed E-state index contributed by atoms with van der Waals surface area (Å²) >= 11 is 0. The zero-order valence-electron chi connectivity index (χ0n) is 11.9. The number of nitrogens with two attached hydrogens (primary N) is 1. The number of nitrogen functional groups attached to an aromatic ring is 1. The van der Waals surface area contributed by atoms with Crippen LogP contribution in [0.4, 0.5) is 5.82 Å². The first-order valence-corrected chi connectivity index (χ1v) is 7.62. The molecule has 0 saturated heterocycles. The molecule has 1 aromatic heterocycles. The van der Waals surface area contributed by atoms with Gasteiger partial charge in [0.2, 0.25) is 0 Å². The van der Waals surface area contributed by atoms with Gasteiger partial charge in [0.15, 0.2) is 0 Å². The van der Waals surface area contributed by atoms with Crippen LogP contribution < -0.4 is 5.73 Å². The third-order valence-electron chi connectivity index (χ3n) is 4.16. The maximum Gasteiger partial charge on any atom is 0.127 e. The number of imidazole rings is 1. The maximum absolute atomic E-state index is 6.35. The van der Waals surface area contributed by atoms with Crippen molar-refractivity contribution in [3.05, 3.63) is 11.5 Å². The second-order valence-electron chi connectivity index (χ2n) is 5.49. The maximum atomic E-state index is 6.35. The molecule has 1 saturated carbocycles. The molecule has 1 aliphatic carbocycles. The number of hydrogen-bond donors (Lipinski definition) is 1. The van der Waals surface area contributed by atoms with Gasteiger partial charge >= 0.3 is 0 Å². The van der Waals surface area contributed by atoms with Gasteiger partial charge in [-0.15, -0.1) is 0 Å². The molecule has 0 spiro atoms. The van der Waals surface area contributed by atoms with Gasteiger partial charge in [0.05, 0.1) is 5.69 Å². The number of anilines is 1. The second-order valence-corrected chi connectivity index (χ2v) is 5.49. The molecule has 0 amide bonds. The average molecular weight is 249 g/mol. The first-order valence-electron chi connectivity index (χ1n) is 7.62. The molecule has 0 aliphatic heterocycles. The van der Waals surface area contributed by atoms with Crippen molar-refractivity contribution in [2.45, 2.75) is 77.7 Å². The molecule has 3 nitrogen and oxygen atoms in total. The standard InChI is InChI=1S/C15H27N3/c1-3-5-11-18-13(4-2)17-14(15(18)16)12-9-7-6-8-10-12/h12H,3-11,16H2,1-2H3. The molecule has 3 heteroatoms.